The van der Waals surface area contributed by atoms with Crippen LogP contribution < -0.4 is 20.4 Å². The van der Waals surface area contributed by atoms with Crippen LogP contribution in [0.2, 0.25) is 0 Å². The molecule has 0 saturated carbocycles. The molecule has 2 atom stereocenters. The molecular weight excluding hydrogens is 568 g/mol. The van der Waals surface area contributed by atoms with E-state index in [0.717, 1.165) is 10.9 Å². The average Bonchev–Trinajstić information content (AvgIpc) is 3.33. The lowest BCUT2D eigenvalue weighted by atomic mass is 10.1. The van der Waals surface area contributed by atoms with Gasteiger partial charge in [0.2, 0.25) is 11.8 Å². The molecular formula is C31H29ClN8O3. The summed E-state index contributed by atoms with van der Waals surface area (Å²) in [5, 5.41) is 30.6. The number of nitrogens with one attached hydrogen (secondary N) is 2. The fourth-order valence-corrected chi connectivity index (χ4v) is 5.03. The third-order valence-corrected chi connectivity index (χ3v) is 7.36. The maximum absolute atomic E-state index is 14.2. The number of nitrogens with zero attached hydrogens (tertiary/aromatic N) is 6. The van der Waals surface area contributed by atoms with Crippen molar-refractivity contribution in [3.63, 3.8) is 0 Å². The van der Waals surface area contributed by atoms with Gasteiger partial charge in [-0.15, -0.1) is 12.4 Å². The zero-order valence-electron chi connectivity index (χ0n) is 23.7. The molecule has 4 aromatic rings. The maximum atomic E-state index is 14.2. The summed E-state index contributed by atoms with van der Waals surface area (Å²) in [6, 6.07) is 22.1. The zero-order chi connectivity index (χ0) is 30.0. The fourth-order valence-electron chi connectivity index (χ4n) is 5.03. The Morgan fingerprint density at radius 1 is 1.02 bits per heavy atom. The number of aromatic nitrogens is 2. The molecule has 0 aliphatic carbocycles. The van der Waals surface area contributed by atoms with Crippen LogP contribution in [0.25, 0.3) is 16.6 Å². The number of hydrogen-bond donors (Lipinski definition) is 2. The quantitative estimate of drug-likeness (QED) is 0.347. The van der Waals surface area contributed by atoms with Crippen molar-refractivity contribution >= 4 is 52.4 Å². The number of amides is 3. The van der Waals surface area contributed by atoms with E-state index in [-0.39, 0.29) is 31.4 Å². The van der Waals surface area contributed by atoms with E-state index in [1.807, 2.05) is 30.3 Å². The standard InChI is InChI=1S/C31H28N8O3.ClH/c1-19(34-3)30(41)35-25-18-37(20(2)40)29-14-21(15-32)12-13-28(29)38(31(25)42)17-24-23-9-5-7-11-27(23)39(36-24)26-10-6-4-8-22(26)16-33;/h4-14,19,25,34H,17-18H2,1-3H3,(H,35,41);1H. The number of halogens is 1. The monoisotopic (exact) mass is 596 g/mol. The highest BCUT2D eigenvalue weighted by atomic mass is 35.5. The topological polar surface area (TPSA) is 147 Å². The summed E-state index contributed by atoms with van der Waals surface area (Å²) in [4.78, 5) is 42.8. The molecule has 0 saturated heterocycles. The lowest BCUT2D eigenvalue weighted by Gasteiger charge is -2.25. The van der Waals surface area contributed by atoms with Crippen LogP contribution in [0.1, 0.15) is 30.7 Å². The molecule has 0 bridgehead atoms. The summed E-state index contributed by atoms with van der Waals surface area (Å²) in [5.41, 5.74) is 3.44. The minimum atomic E-state index is -1.07. The molecule has 1 aliphatic rings. The molecule has 11 nitrogen and oxygen atoms in total. The van der Waals surface area contributed by atoms with Gasteiger partial charge in [0.15, 0.2) is 0 Å². The Labute approximate surface area is 254 Å². The Kier molecular flexibility index (Phi) is 9.10. The van der Waals surface area contributed by atoms with Crippen LogP contribution in [0.5, 0.6) is 0 Å². The van der Waals surface area contributed by atoms with E-state index >= 15 is 0 Å². The molecule has 0 spiro atoms. The van der Waals surface area contributed by atoms with E-state index in [4.69, 9.17) is 5.10 Å². The van der Waals surface area contributed by atoms with E-state index in [0.29, 0.717) is 33.9 Å². The van der Waals surface area contributed by atoms with E-state index < -0.39 is 23.9 Å². The van der Waals surface area contributed by atoms with Crippen molar-refractivity contribution in [2.24, 2.45) is 0 Å². The largest absolute Gasteiger partial charge is 0.341 e. The van der Waals surface area contributed by atoms with Gasteiger partial charge in [-0.1, -0.05) is 30.3 Å². The van der Waals surface area contributed by atoms with Crippen LogP contribution in [-0.2, 0) is 20.9 Å². The predicted octanol–water partition coefficient (Wildman–Crippen LogP) is 3.18. The second kappa shape index (κ2) is 12.7. The highest BCUT2D eigenvalue weighted by Gasteiger charge is 2.37. The molecule has 0 fully saturated rings. The minimum Gasteiger partial charge on any atom is -0.341 e. The Bertz CT molecular complexity index is 1800. The number of rotatable bonds is 6. The number of benzene rings is 3. The molecule has 5 rings (SSSR count). The first kappa shape index (κ1) is 30.7. The Hall–Kier alpha value is -5.23. The molecule has 2 N–H and O–H groups in total. The average molecular weight is 597 g/mol. The van der Waals surface area contributed by atoms with Crippen LogP contribution in [0.3, 0.4) is 0 Å². The van der Waals surface area contributed by atoms with Gasteiger partial charge in [-0.05, 0) is 50.4 Å². The zero-order valence-corrected chi connectivity index (χ0v) is 24.6. The Morgan fingerprint density at radius 3 is 2.44 bits per heavy atom. The predicted molar refractivity (Wildman–Crippen MR) is 164 cm³/mol. The third-order valence-electron chi connectivity index (χ3n) is 7.36. The van der Waals surface area contributed by atoms with Crippen molar-refractivity contribution in [3.05, 3.63) is 83.6 Å². The molecule has 218 valence electrons. The highest BCUT2D eigenvalue weighted by molar-refractivity contribution is 6.08. The second-order valence-electron chi connectivity index (χ2n) is 9.95. The van der Waals surface area contributed by atoms with Gasteiger partial charge in [-0.3, -0.25) is 14.4 Å². The molecule has 3 aromatic carbocycles. The molecule has 1 aromatic heterocycles. The smallest absolute Gasteiger partial charge is 0.251 e. The number of fused-ring (bicyclic) bond motifs is 2. The van der Waals surface area contributed by atoms with Gasteiger partial charge in [0.05, 0.1) is 64.6 Å². The summed E-state index contributed by atoms with van der Waals surface area (Å²) in [7, 11) is 1.64. The summed E-state index contributed by atoms with van der Waals surface area (Å²) in [6.07, 6.45) is 0. The molecule has 2 heterocycles. The first-order chi connectivity index (χ1) is 20.3. The van der Waals surface area contributed by atoms with Crippen molar-refractivity contribution in [2.45, 2.75) is 32.5 Å². The molecule has 3 amide bonds. The molecule has 12 heteroatoms. The Balaban J connectivity index is 0.00000423. The first-order valence-corrected chi connectivity index (χ1v) is 13.3. The molecule has 43 heavy (non-hydrogen) atoms. The minimum absolute atomic E-state index is 0. The van der Waals surface area contributed by atoms with Crippen LogP contribution in [0.15, 0.2) is 66.7 Å². The number of nitriles is 2. The van der Waals surface area contributed by atoms with E-state index in [1.54, 1.807) is 55.1 Å². The number of carbonyl (C=O) groups excluding carboxylic acids is 3. The SMILES string of the molecule is CNC(C)C(=O)NC1CN(C(C)=O)c2cc(C#N)ccc2N(Cc2nn(-c3ccccc3C#N)c3ccccc23)C1=O.Cl. The van der Waals surface area contributed by atoms with Crippen LogP contribution in [-0.4, -0.2) is 53.2 Å². The van der Waals surface area contributed by atoms with Crippen molar-refractivity contribution < 1.29 is 14.4 Å². The summed E-state index contributed by atoms with van der Waals surface area (Å²) in [5.74, 6) is -1.17. The second-order valence-corrected chi connectivity index (χ2v) is 9.95. The summed E-state index contributed by atoms with van der Waals surface area (Å²) < 4.78 is 1.68. The van der Waals surface area contributed by atoms with Gasteiger partial charge >= 0.3 is 0 Å². The van der Waals surface area contributed by atoms with Gasteiger partial charge in [0.1, 0.15) is 12.1 Å². The van der Waals surface area contributed by atoms with Crippen molar-refractivity contribution in [2.75, 3.05) is 23.4 Å². The van der Waals surface area contributed by atoms with Gasteiger partial charge in [-0.2, -0.15) is 15.6 Å². The van der Waals surface area contributed by atoms with Crippen molar-refractivity contribution in [1.82, 2.24) is 20.4 Å². The van der Waals surface area contributed by atoms with Gasteiger partial charge in [-0.25, -0.2) is 4.68 Å². The van der Waals surface area contributed by atoms with E-state index in [2.05, 4.69) is 22.8 Å². The Morgan fingerprint density at radius 2 is 1.74 bits per heavy atom. The normalized spacial score (nSPS) is 15.0. The van der Waals surface area contributed by atoms with E-state index in [1.165, 1.54) is 16.7 Å². The summed E-state index contributed by atoms with van der Waals surface area (Å²) in [6.45, 7) is 2.93. The number of anilines is 2. The lowest BCUT2D eigenvalue weighted by Crippen LogP contribution is -2.55. The highest BCUT2D eigenvalue weighted by Crippen LogP contribution is 2.36. The van der Waals surface area contributed by atoms with Gasteiger partial charge in [0, 0.05) is 12.3 Å². The molecule has 2 unspecified atom stereocenters. The fraction of sp³-hybridized carbons (Fsp3) is 0.226. The van der Waals surface area contributed by atoms with Gasteiger partial charge in [0.25, 0.3) is 5.91 Å². The molecule has 0 radical (unpaired) electrons. The number of likely N-dealkylation sites (N-methyl/N-ethyl adjacent to an activating group) is 1. The van der Waals surface area contributed by atoms with Crippen LogP contribution in [0.4, 0.5) is 11.4 Å². The van der Waals surface area contributed by atoms with Crippen molar-refractivity contribution in [3.8, 4) is 17.8 Å². The summed E-state index contributed by atoms with van der Waals surface area (Å²) >= 11 is 0. The number of hydrogen-bond acceptors (Lipinski definition) is 7. The van der Waals surface area contributed by atoms with Crippen molar-refractivity contribution in [1.29, 1.82) is 10.5 Å². The van der Waals surface area contributed by atoms with Crippen LogP contribution in [0, 0.1) is 22.7 Å². The molecule has 1 aliphatic heterocycles. The maximum Gasteiger partial charge on any atom is 0.251 e. The van der Waals surface area contributed by atoms with Crippen LogP contribution >= 0.6 is 12.4 Å². The lowest BCUT2D eigenvalue weighted by molar-refractivity contribution is -0.128. The third kappa shape index (κ3) is 5.77. The first-order valence-electron chi connectivity index (χ1n) is 13.3. The van der Waals surface area contributed by atoms with Gasteiger partial charge < -0.3 is 20.4 Å². The van der Waals surface area contributed by atoms with E-state index in [9.17, 15) is 24.9 Å². The number of carbonyl (C=O) groups is 3. The number of para-hydroxylation sites is 2.